The summed E-state index contributed by atoms with van der Waals surface area (Å²) < 4.78 is 1.63. The molecular formula is C14H16ClN3O2. The smallest absolute Gasteiger partial charge is 0.358 e. The first-order valence-corrected chi connectivity index (χ1v) is 6.58. The van der Waals surface area contributed by atoms with Crippen molar-refractivity contribution in [2.45, 2.75) is 32.7 Å². The first kappa shape index (κ1) is 14.5. The summed E-state index contributed by atoms with van der Waals surface area (Å²) in [7, 11) is 0. The molecule has 2 rings (SSSR count). The second-order valence-corrected chi connectivity index (χ2v) is 6.06. The summed E-state index contributed by atoms with van der Waals surface area (Å²) in [5.41, 5.74) is 1.25. The second kappa shape index (κ2) is 5.25. The van der Waals surface area contributed by atoms with Crippen molar-refractivity contribution in [2.75, 3.05) is 0 Å². The summed E-state index contributed by atoms with van der Waals surface area (Å²) in [5, 5.41) is 17.6. The molecule has 0 saturated heterocycles. The van der Waals surface area contributed by atoms with Gasteiger partial charge >= 0.3 is 5.97 Å². The number of halogens is 1. The number of hydrogen-bond donors (Lipinski definition) is 1. The van der Waals surface area contributed by atoms with Gasteiger partial charge in [0.2, 0.25) is 0 Å². The zero-order valence-electron chi connectivity index (χ0n) is 11.6. The third kappa shape index (κ3) is 2.99. The Kier molecular flexibility index (Phi) is 3.81. The summed E-state index contributed by atoms with van der Waals surface area (Å²) in [6.45, 7) is 6.29. The van der Waals surface area contributed by atoms with Crippen molar-refractivity contribution in [3.8, 4) is 0 Å². The van der Waals surface area contributed by atoms with E-state index in [4.69, 9.17) is 11.6 Å². The Morgan fingerprint density at radius 3 is 2.40 bits per heavy atom. The Balaban J connectivity index is 2.42. The third-order valence-corrected chi connectivity index (χ3v) is 3.15. The molecular weight excluding hydrogens is 278 g/mol. The van der Waals surface area contributed by atoms with Gasteiger partial charge in [-0.2, -0.15) is 0 Å². The predicted molar refractivity (Wildman–Crippen MR) is 76.2 cm³/mol. The average Bonchev–Trinajstić information content (AvgIpc) is 2.76. The van der Waals surface area contributed by atoms with Crippen LogP contribution in [0.4, 0.5) is 0 Å². The summed E-state index contributed by atoms with van der Waals surface area (Å²) in [6.07, 6.45) is 0. The maximum Gasteiger partial charge on any atom is 0.358 e. The van der Waals surface area contributed by atoms with E-state index in [0.29, 0.717) is 17.3 Å². The predicted octanol–water partition coefficient (Wildman–Crippen LogP) is 2.98. The van der Waals surface area contributed by atoms with E-state index in [0.717, 1.165) is 5.56 Å². The van der Waals surface area contributed by atoms with Crippen molar-refractivity contribution in [1.29, 1.82) is 0 Å². The molecule has 0 unspecified atom stereocenters. The molecule has 0 saturated carbocycles. The molecule has 20 heavy (non-hydrogen) atoms. The first-order chi connectivity index (χ1) is 9.29. The van der Waals surface area contributed by atoms with Gasteiger partial charge in [0.1, 0.15) is 0 Å². The van der Waals surface area contributed by atoms with Crippen LogP contribution in [0.5, 0.6) is 0 Å². The first-order valence-electron chi connectivity index (χ1n) is 6.21. The number of benzene rings is 1. The zero-order chi connectivity index (χ0) is 14.9. The van der Waals surface area contributed by atoms with Crippen LogP contribution in [0.3, 0.4) is 0 Å². The van der Waals surface area contributed by atoms with Crippen LogP contribution in [0.15, 0.2) is 24.3 Å². The van der Waals surface area contributed by atoms with E-state index in [-0.39, 0.29) is 11.1 Å². The minimum atomic E-state index is -1.06. The van der Waals surface area contributed by atoms with Crippen LogP contribution in [0, 0.1) is 0 Å². The lowest BCUT2D eigenvalue weighted by Gasteiger charge is -2.20. The van der Waals surface area contributed by atoms with Gasteiger partial charge in [-0.05, 0) is 17.7 Å². The van der Waals surface area contributed by atoms with Gasteiger partial charge < -0.3 is 5.11 Å². The molecule has 0 aliphatic carbocycles. The molecule has 0 aliphatic rings. The minimum Gasteiger partial charge on any atom is -0.476 e. The van der Waals surface area contributed by atoms with Crippen LogP contribution < -0.4 is 0 Å². The summed E-state index contributed by atoms with van der Waals surface area (Å²) in [5.74, 6) is -1.06. The topological polar surface area (TPSA) is 68.0 Å². The van der Waals surface area contributed by atoms with E-state index in [9.17, 15) is 9.90 Å². The lowest BCUT2D eigenvalue weighted by atomic mass is 9.90. The normalized spacial score (nSPS) is 11.6. The number of carbonyl (C=O) groups is 1. The Morgan fingerprint density at radius 1 is 1.30 bits per heavy atom. The molecule has 2 aromatic rings. The van der Waals surface area contributed by atoms with Gasteiger partial charge in [-0.15, -0.1) is 5.10 Å². The average molecular weight is 294 g/mol. The minimum absolute atomic E-state index is 0.00598. The maximum absolute atomic E-state index is 11.2. The van der Waals surface area contributed by atoms with Crippen molar-refractivity contribution in [2.24, 2.45) is 0 Å². The van der Waals surface area contributed by atoms with Gasteiger partial charge in [0.25, 0.3) is 0 Å². The van der Waals surface area contributed by atoms with Crippen molar-refractivity contribution in [3.05, 3.63) is 46.2 Å². The van der Waals surface area contributed by atoms with Crippen LogP contribution in [0.1, 0.15) is 42.5 Å². The van der Waals surface area contributed by atoms with Gasteiger partial charge in [-0.1, -0.05) is 49.7 Å². The number of carboxylic acids is 1. The van der Waals surface area contributed by atoms with E-state index < -0.39 is 5.97 Å². The molecule has 0 fully saturated rings. The highest BCUT2D eigenvalue weighted by molar-refractivity contribution is 6.30. The van der Waals surface area contributed by atoms with Crippen LogP contribution in [-0.4, -0.2) is 26.1 Å². The monoisotopic (exact) mass is 293 g/mol. The van der Waals surface area contributed by atoms with Crippen LogP contribution in [0.25, 0.3) is 0 Å². The van der Waals surface area contributed by atoms with Gasteiger partial charge in [0.05, 0.1) is 12.2 Å². The van der Waals surface area contributed by atoms with E-state index in [1.165, 1.54) is 0 Å². The molecule has 0 aliphatic heterocycles. The fourth-order valence-electron chi connectivity index (χ4n) is 2.07. The van der Waals surface area contributed by atoms with Gasteiger partial charge in [-0.25, -0.2) is 9.48 Å². The quantitative estimate of drug-likeness (QED) is 0.944. The van der Waals surface area contributed by atoms with Gasteiger partial charge in [0, 0.05) is 10.4 Å². The number of carboxylic acid groups (broad SMARTS) is 1. The Morgan fingerprint density at radius 2 is 1.90 bits per heavy atom. The van der Waals surface area contributed by atoms with Gasteiger partial charge in [0.15, 0.2) is 5.69 Å². The number of nitrogens with zero attached hydrogens (tertiary/aromatic N) is 3. The van der Waals surface area contributed by atoms with Crippen molar-refractivity contribution in [1.82, 2.24) is 15.0 Å². The molecule has 1 heterocycles. The molecule has 1 aromatic carbocycles. The highest BCUT2D eigenvalue weighted by Crippen LogP contribution is 2.25. The molecule has 106 valence electrons. The Hall–Kier alpha value is -1.88. The highest BCUT2D eigenvalue weighted by Gasteiger charge is 2.28. The number of rotatable bonds is 3. The van der Waals surface area contributed by atoms with E-state index in [2.05, 4.69) is 10.3 Å². The third-order valence-electron chi connectivity index (χ3n) is 2.89. The zero-order valence-corrected chi connectivity index (χ0v) is 12.3. The van der Waals surface area contributed by atoms with Crippen LogP contribution in [0.2, 0.25) is 5.02 Å². The summed E-state index contributed by atoms with van der Waals surface area (Å²) >= 11 is 5.85. The molecule has 0 spiro atoms. The van der Waals surface area contributed by atoms with Crippen LogP contribution in [-0.2, 0) is 12.0 Å². The SMILES string of the molecule is CC(C)(C)c1c(C(=O)O)nnn1Cc1ccc(Cl)cc1. The lowest BCUT2D eigenvalue weighted by molar-refractivity contribution is 0.0687. The Labute approximate surface area is 122 Å². The molecule has 0 radical (unpaired) electrons. The molecule has 0 amide bonds. The number of aromatic carboxylic acids is 1. The summed E-state index contributed by atoms with van der Waals surface area (Å²) in [4.78, 5) is 11.2. The fraction of sp³-hybridized carbons (Fsp3) is 0.357. The molecule has 0 bridgehead atoms. The number of aromatic nitrogens is 3. The van der Waals surface area contributed by atoms with E-state index >= 15 is 0 Å². The molecule has 1 N–H and O–H groups in total. The van der Waals surface area contributed by atoms with E-state index in [1.54, 1.807) is 16.8 Å². The molecule has 1 aromatic heterocycles. The fourth-order valence-corrected chi connectivity index (χ4v) is 2.20. The maximum atomic E-state index is 11.2. The number of hydrogen-bond acceptors (Lipinski definition) is 3. The second-order valence-electron chi connectivity index (χ2n) is 5.63. The largest absolute Gasteiger partial charge is 0.476 e. The van der Waals surface area contributed by atoms with Crippen molar-refractivity contribution >= 4 is 17.6 Å². The summed E-state index contributed by atoms with van der Waals surface area (Å²) in [6, 6.07) is 7.36. The molecule has 6 heteroatoms. The van der Waals surface area contributed by atoms with Crippen molar-refractivity contribution < 1.29 is 9.90 Å². The standard InChI is InChI=1S/C14H16ClN3O2/c1-14(2,3)12-11(13(19)20)16-17-18(12)8-9-4-6-10(15)7-5-9/h4-7H,8H2,1-3H3,(H,19,20). The van der Waals surface area contributed by atoms with Gasteiger partial charge in [-0.3, -0.25) is 0 Å². The van der Waals surface area contributed by atoms with E-state index in [1.807, 2.05) is 32.9 Å². The van der Waals surface area contributed by atoms with Crippen LogP contribution >= 0.6 is 11.6 Å². The molecule has 5 nitrogen and oxygen atoms in total. The lowest BCUT2D eigenvalue weighted by Crippen LogP contribution is -2.22. The highest BCUT2D eigenvalue weighted by atomic mass is 35.5. The Bertz CT molecular complexity index is 627. The molecule has 0 atom stereocenters. The van der Waals surface area contributed by atoms with Crippen molar-refractivity contribution in [3.63, 3.8) is 0 Å².